The van der Waals surface area contributed by atoms with Gasteiger partial charge in [-0.15, -0.1) is 0 Å². The molecule has 88 valence electrons. The molecule has 0 spiro atoms. The van der Waals surface area contributed by atoms with Crippen molar-refractivity contribution in [2.24, 2.45) is 5.92 Å². The van der Waals surface area contributed by atoms with Crippen molar-refractivity contribution in [3.8, 4) is 0 Å². The Balaban J connectivity index is 2.51. The monoisotopic (exact) mass is 226 g/mol. The smallest absolute Gasteiger partial charge is 0.133 e. The highest BCUT2D eigenvalue weighted by Crippen LogP contribution is 2.11. The fourth-order valence-corrected chi connectivity index (χ4v) is 1.60. The number of benzene rings is 1. The van der Waals surface area contributed by atoms with Gasteiger partial charge in [0, 0.05) is 18.9 Å². The van der Waals surface area contributed by atoms with E-state index in [1.54, 1.807) is 0 Å². The summed E-state index contributed by atoms with van der Waals surface area (Å²) in [4.78, 5) is 11.4. The van der Waals surface area contributed by atoms with Gasteiger partial charge in [0.1, 0.15) is 17.4 Å². The average Bonchev–Trinajstić information content (AvgIpc) is 2.12. The van der Waals surface area contributed by atoms with Crippen LogP contribution in [0.4, 0.5) is 8.78 Å². The second-order valence-corrected chi connectivity index (χ2v) is 4.41. The lowest BCUT2D eigenvalue weighted by atomic mass is 10.0. The Hall–Kier alpha value is -1.25. The maximum atomic E-state index is 12.8. The highest BCUT2D eigenvalue weighted by atomic mass is 19.1. The minimum atomic E-state index is -0.591. The van der Waals surface area contributed by atoms with E-state index in [1.807, 2.05) is 13.8 Å². The van der Waals surface area contributed by atoms with Crippen LogP contribution in [0.1, 0.15) is 32.3 Å². The SMILES string of the molecule is CC(C)CC(=O)CCc1cc(F)cc(F)c1. The van der Waals surface area contributed by atoms with E-state index in [-0.39, 0.29) is 5.78 Å². The van der Waals surface area contributed by atoms with Crippen molar-refractivity contribution in [2.75, 3.05) is 0 Å². The fourth-order valence-electron chi connectivity index (χ4n) is 1.60. The molecule has 0 amide bonds. The summed E-state index contributed by atoms with van der Waals surface area (Å²) in [5.74, 6) is -0.714. The molecule has 1 aromatic rings. The number of Topliss-reactive ketones (excluding diaryl/α,β-unsaturated/α-hetero) is 1. The molecular formula is C13H16F2O. The maximum Gasteiger partial charge on any atom is 0.133 e. The summed E-state index contributed by atoms with van der Waals surface area (Å²) in [5.41, 5.74) is 0.537. The van der Waals surface area contributed by atoms with E-state index in [1.165, 1.54) is 12.1 Å². The molecule has 1 nitrogen and oxygen atoms in total. The maximum absolute atomic E-state index is 12.8. The van der Waals surface area contributed by atoms with Crippen molar-refractivity contribution >= 4 is 5.78 Å². The number of carbonyl (C=O) groups excluding carboxylic acids is 1. The predicted octanol–water partition coefficient (Wildman–Crippen LogP) is 3.51. The number of hydrogen-bond acceptors (Lipinski definition) is 1. The number of hydrogen-bond donors (Lipinski definition) is 0. The van der Waals surface area contributed by atoms with Gasteiger partial charge in [0.2, 0.25) is 0 Å². The van der Waals surface area contributed by atoms with Gasteiger partial charge in [-0.1, -0.05) is 13.8 Å². The standard InChI is InChI=1S/C13H16F2O/c1-9(2)5-13(16)4-3-10-6-11(14)8-12(15)7-10/h6-9H,3-5H2,1-2H3. The molecule has 0 aliphatic carbocycles. The molecule has 0 aliphatic rings. The molecule has 0 N–H and O–H groups in total. The molecule has 0 fully saturated rings. The first-order valence-electron chi connectivity index (χ1n) is 5.44. The molecule has 0 aliphatic heterocycles. The van der Waals surface area contributed by atoms with E-state index >= 15 is 0 Å². The average molecular weight is 226 g/mol. The van der Waals surface area contributed by atoms with Crippen LogP contribution in [-0.2, 0) is 11.2 Å². The van der Waals surface area contributed by atoms with Gasteiger partial charge in [-0.3, -0.25) is 4.79 Å². The molecule has 0 atom stereocenters. The molecular weight excluding hydrogens is 210 g/mol. The number of carbonyl (C=O) groups is 1. The zero-order valence-corrected chi connectivity index (χ0v) is 9.59. The quantitative estimate of drug-likeness (QED) is 0.750. The van der Waals surface area contributed by atoms with Crippen LogP contribution in [0.2, 0.25) is 0 Å². The highest BCUT2D eigenvalue weighted by molar-refractivity contribution is 5.78. The molecule has 0 radical (unpaired) electrons. The molecule has 0 unspecified atom stereocenters. The van der Waals surface area contributed by atoms with Crippen molar-refractivity contribution in [2.45, 2.75) is 33.1 Å². The van der Waals surface area contributed by atoms with E-state index in [0.717, 1.165) is 6.07 Å². The van der Waals surface area contributed by atoms with Crippen molar-refractivity contribution in [3.05, 3.63) is 35.4 Å². The lowest BCUT2D eigenvalue weighted by molar-refractivity contribution is -0.119. The third-order valence-electron chi connectivity index (χ3n) is 2.25. The van der Waals surface area contributed by atoms with Crippen molar-refractivity contribution in [1.82, 2.24) is 0 Å². The van der Waals surface area contributed by atoms with E-state index in [9.17, 15) is 13.6 Å². The summed E-state index contributed by atoms with van der Waals surface area (Å²) in [6, 6.07) is 3.37. The summed E-state index contributed by atoms with van der Waals surface area (Å²) in [5, 5.41) is 0. The van der Waals surface area contributed by atoms with Crippen LogP contribution in [0.25, 0.3) is 0 Å². The minimum absolute atomic E-state index is 0.139. The normalized spacial score (nSPS) is 10.8. The van der Waals surface area contributed by atoms with Crippen LogP contribution < -0.4 is 0 Å². The summed E-state index contributed by atoms with van der Waals surface area (Å²) in [6.07, 6.45) is 1.28. The first-order chi connectivity index (χ1) is 7.47. The summed E-state index contributed by atoms with van der Waals surface area (Å²) >= 11 is 0. The van der Waals surface area contributed by atoms with Gasteiger partial charge < -0.3 is 0 Å². The second-order valence-electron chi connectivity index (χ2n) is 4.41. The number of ketones is 1. The van der Waals surface area contributed by atoms with Gasteiger partial charge in [0.25, 0.3) is 0 Å². The van der Waals surface area contributed by atoms with Crippen LogP contribution in [0, 0.1) is 17.6 Å². The van der Waals surface area contributed by atoms with Gasteiger partial charge >= 0.3 is 0 Å². The number of halogens is 2. The van der Waals surface area contributed by atoms with Gasteiger partial charge in [0.15, 0.2) is 0 Å². The predicted molar refractivity (Wildman–Crippen MR) is 59.1 cm³/mol. The Kier molecular flexibility index (Phi) is 4.59. The van der Waals surface area contributed by atoms with Crippen molar-refractivity contribution in [1.29, 1.82) is 0 Å². The van der Waals surface area contributed by atoms with Crippen LogP contribution in [-0.4, -0.2) is 5.78 Å². The first kappa shape index (κ1) is 12.8. The van der Waals surface area contributed by atoms with Crippen molar-refractivity contribution in [3.63, 3.8) is 0 Å². The summed E-state index contributed by atoms with van der Waals surface area (Å²) < 4.78 is 25.7. The van der Waals surface area contributed by atoms with Gasteiger partial charge in [0.05, 0.1) is 0 Å². The zero-order chi connectivity index (χ0) is 12.1. The Morgan fingerprint density at radius 2 is 1.75 bits per heavy atom. The molecule has 0 aromatic heterocycles. The topological polar surface area (TPSA) is 17.1 Å². The largest absolute Gasteiger partial charge is 0.300 e. The minimum Gasteiger partial charge on any atom is -0.300 e. The van der Waals surface area contributed by atoms with Gasteiger partial charge in [-0.25, -0.2) is 8.78 Å². The Morgan fingerprint density at radius 1 is 1.19 bits per heavy atom. The van der Waals surface area contributed by atoms with E-state index in [4.69, 9.17) is 0 Å². The molecule has 16 heavy (non-hydrogen) atoms. The lowest BCUT2D eigenvalue weighted by Gasteiger charge is -2.04. The van der Waals surface area contributed by atoms with Gasteiger partial charge in [-0.05, 0) is 30.0 Å². The van der Waals surface area contributed by atoms with Crippen LogP contribution in [0.3, 0.4) is 0 Å². The Labute approximate surface area is 94.5 Å². The third kappa shape index (κ3) is 4.51. The molecule has 3 heteroatoms. The number of rotatable bonds is 5. The molecule has 0 saturated heterocycles. The third-order valence-corrected chi connectivity index (χ3v) is 2.25. The van der Waals surface area contributed by atoms with E-state index < -0.39 is 11.6 Å². The van der Waals surface area contributed by atoms with Crippen LogP contribution in [0.5, 0.6) is 0 Å². The summed E-state index contributed by atoms with van der Waals surface area (Å²) in [6.45, 7) is 3.94. The van der Waals surface area contributed by atoms with Crippen molar-refractivity contribution < 1.29 is 13.6 Å². The van der Waals surface area contributed by atoms with Crippen LogP contribution in [0.15, 0.2) is 18.2 Å². The Morgan fingerprint density at radius 3 is 2.25 bits per heavy atom. The molecule has 0 saturated carbocycles. The molecule has 0 bridgehead atoms. The molecule has 0 heterocycles. The zero-order valence-electron chi connectivity index (χ0n) is 9.59. The second kappa shape index (κ2) is 5.73. The Bertz CT molecular complexity index is 352. The molecule has 1 rings (SSSR count). The van der Waals surface area contributed by atoms with Crippen LogP contribution >= 0.6 is 0 Å². The van der Waals surface area contributed by atoms with E-state index in [2.05, 4.69) is 0 Å². The van der Waals surface area contributed by atoms with Gasteiger partial charge in [-0.2, -0.15) is 0 Å². The lowest BCUT2D eigenvalue weighted by Crippen LogP contribution is -2.04. The molecule has 1 aromatic carbocycles. The number of aryl methyl sites for hydroxylation is 1. The van der Waals surface area contributed by atoms with E-state index in [0.29, 0.717) is 30.7 Å². The fraction of sp³-hybridized carbons (Fsp3) is 0.462. The highest BCUT2D eigenvalue weighted by Gasteiger charge is 2.07. The first-order valence-corrected chi connectivity index (χ1v) is 5.44. The summed E-state index contributed by atoms with van der Waals surface area (Å²) in [7, 11) is 0.